The minimum atomic E-state index is -0.245. The highest BCUT2D eigenvalue weighted by Crippen LogP contribution is 2.31. The molecule has 1 heterocycles. The molecule has 0 amide bonds. The molecule has 2 N–H and O–H groups in total. The van der Waals surface area contributed by atoms with Gasteiger partial charge < -0.3 is 10.5 Å². The largest absolute Gasteiger partial charge is 0.372 e. The summed E-state index contributed by atoms with van der Waals surface area (Å²) in [7, 11) is 0. The van der Waals surface area contributed by atoms with Crippen LogP contribution in [0.4, 0.5) is 4.39 Å². The van der Waals surface area contributed by atoms with Crippen LogP contribution >= 0.6 is 15.9 Å². The Morgan fingerprint density at radius 1 is 1.29 bits per heavy atom. The van der Waals surface area contributed by atoms with E-state index in [1.165, 1.54) is 17.7 Å². The van der Waals surface area contributed by atoms with E-state index in [-0.39, 0.29) is 18.0 Å². The van der Waals surface area contributed by atoms with E-state index >= 15 is 0 Å². The fourth-order valence-electron chi connectivity index (χ4n) is 2.84. The van der Waals surface area contributed by atoms with Gasteiger partial charge in [-0.3, -0.25) is 0 Å². The van der Waals surface area contributed by atoms with Crippen LogP contribution in [-0.4, -0.2) is 12.6 Å². The van der Waals surface area contributed by atoms with Crippen molar-refractivity contribution < 1.29 is 9.13 Å². The first kappa shape index (κ1) is 14.7. The van der Waals surface area contributed by atoms with Crippen LogP contribution in [0, 0.1) is 5.82 Å². The van der Waals surface area contributed by atoms with Crippen molar-refractivity contribution in [1.29, 1.82) is 0 Å². The molecule has 2 aromatic rings. The molecular weight excluding hydrogens is 333 g/mol. The van der Waals surface area contributed by atoms with E-state index in [4.69, 9.17) is 10.5 Å². The fraction of sp³-hybridized carbons (Fsp3) is 0.294. The smallest absolute Gasteiger partial charge is 0.123 e. The summed E-state index contributed by atoms with van der Waals surface area (Å²) < 4.78 is 20.1. The summed E-state index contributed by atoms with van der Waals surface area (Å²) in [5, 5.41) is 0. The standard InChI is InChI=1S/C17H17BrFNO/c18-15-6-5-13(19)9-12(15)10-16(20)17-14-4-2-1-3-11(14)7-8-21-17/h1-6,9,16-17H,7-8,10,20H2. The molecule has 1 aliphatic heterocycles. The Morgan fingerprint density at radius 2 is 2.10 bits per heavy atom. The molecule has 0 radical (unpaired) electrons. The molecule has 0 bridgehead atoms. The molecule has 0 aliphatic carbocycles. The number of hydrogen-bond donors (Lipinski definition) is 1. The quantitative estimate of drug-likeness (QED) is 0.915. The third-order valence-corrected chi connectivity index (χ3v) is 4.66. The van der Waals surface area contributed by atoms with Gasteiger partial charge in [-0.05, 0) is 47.7 Å². The van der Waals surface area contributed by atoms with Gasteiger partial charge in [0.25, 0.3) is 0 Å². The van der Waals surface area contributed by atoms with Gasteiger partial charge in [-0.15, -0.1) is 0 Å². The van der Waals surface area contributed by atoms with Crippen molar-refractivity contribution in [1.82, 2.24) is 0 Å². The van der Waals surface area contributed by atoms with E-state index in [2.05, 4.69) is 28.1 Å². The Kier molecular flexibility index (Phi) is 4.38. The zero-order valence-corrected chi connectivity index (χ0v) is 13.1. The van der Waals surface area contributed by atoms with Gasteiger partial charge >= 0.3 is 0 Å². The zero-order chi connectivity index (χ0) is 14.8. The van der Waals surface area contributed by atoms with Crippen molar-refractivity contribution in [2.24, 2.45) is 5.73 Å². The highest BCUT2D eigenvalue weighted by atomic mass is 79.9. The van der Waals surface area contributed by atoms with Gasteiger partial charge in [0.2, 0.25) is 0 Å². The first-order valence-electron chi connectivity index (χ1n) is 7.04. The summed E-state index contributed by atoms with van der Waals surface area (Å²) in [5.74, 6) is -0.245. The number of nitrogens with two attached hydrogens (primary N) is 1. The van der Waals surface area contributed by atoms with Crippen LogP contribution in [0.5, 0.6) is 0 Å². The molecule has 2 aromatic carbocycles. The molecule has 0 spiro atoms. The van der Waals surface area contributed by atoms with Crippen molar-refractivity contribution in [2.75, 3.05) is 6.61 Å². The maximum absolute atomic E-state index is 13.4. The molecule has 0 saturated carbocycles. The molecule has 3 rings (SSSR count). The van der Waals surface area contributed by atoms with E-state index in [0.29, 0.717) is 13.0 Å². The van der Waals surface area contributed by atoms with Gasteiger partial charge in [-0.1, -0.05) is 40.2 Å². The van der Waals surface area contributed by atoms with E-state index in [1.807, 2.05) is 12.1 Å². The predicted octanol–water partition coefficient (Wildman–Crippen LogP) is 3.77. The molecule has 110 valence electrons. The van der Waals surface area contributed by atoms with E-state index in [0.717, 1.165) is 22.0 Å². The average molecular weight is 350 g/mol. The molecule has 0 aromatic heterocycles. The first-order chi connectivity index (χ1) is 10.1. The lowest BCUT2D eigenvalue weighted by molar-refractivity contribution is 0.0246. The maximum Gasteiger partial charge on any atom is 0.123 e. The second-order valence-electron chi connectivity index (χ2n) is 5.34. The highest BCUT2D eigenvalue weighted by Gasteiger charge is 2.26. The molecule has 2 nitrogen and oxygen atoms in total. The van der Waals surface area contributed by atoms with Crippen molar-refractivity contribution in [3.63, 3.8) is 0 Å². The normalized spacial score (nSPS) is 19.1. The second kappa shape index (κ2) is 6.26. The van der Waals surface area contributed by atoms with E-state index in [1.54, 1.807) is 6.07 Å². The molecular formula is C17H17BrFNO. The summed E-state index contributed by atoms with van der Waals surface area (Å²) in [5.41, 5.74) is 9.67. The van der Waals surface area contributed by atoms with Gasteiger partial charge in [-0.25, -0.2) is 4.39 Å². The molecule has 0 fully saturated rings. The number of rotatable bonds is 3. The van der Waals surface area contributed by atoms with Gasteiger partial charge in [0.15, 0.2) is 0 Å². The molecule has 1 aliphatic rings. The highest BCUT2D eigenvalue weighted by molar-refractivity contribution is 9.10. The third kappa shape index (κ3) is 3.18. The van der Waals surface area contributed by atoms with E-state index in [9.17, 15) is 4.39 Å². The zero-order valence-electron chi connectivity index (χ0n) is 11.6. The van der Waals surface area contributed by atoms with Crippen LogP contribution in [0.15, 0.2) is 46.9 Å². The Morgan fingerprint density at radius 3 is 2.95 bits per heavy atom. The van der Waals surface area contributed by atoms with Gasteiger partial charge in [0.1, 0.15) is 5.82 Å². The van der Waals surface area contributed by atoms with Crippen LogP contribution in [0.25, 0.3) is 0 Å². The fourth-order valence-corrected chi connectivity index (χ4v) is 3.25. The Balaban J connectivity index is 1.83. The van der Waals surface area contributed by atoms with Gasteiger partial charge in [-0.2, -0.15) is 0 Å². The Hall–Kier alpha value is -1.23. The first-order valence-corrected chi connectivity index (χ1v) is 7.83. The molecule has 21 heavy (non-hydrogen) atoms. The lowest BCUT2D eigenvalue weighted by atomic mass is 9.91. The summed E-state index contributed by atoms with van der Waals surface area (Å²) in [6, 6.07) is 12.7. The van der Waals surface area contributed by atoms with Crippen LogP contribution in [0.2, 0.25) is 0 Å². The molecule has 0 saturated heterocycles. The van der Waals surface area contributed by atoms with Crippen molar-refractivity contribution in [3.8, 4) is 0 Å². The maximum atomic E-state index is 13.4. The molecule has 2 atom stereocenters. The minimum Gasteiger partial charge on any atom is -0.372 e. The van der Waals surface area contributed by atoms with Crippen LogP contribution in [0.1, 0.15) is 22.8 Å². The van der Waals surface area contributed by atoms with Crippen molar-refractivity contribution in [2.45, 2.75) is 25.0 Å². The topological polar surface area (TPSA) is 35.2 Å². The van der Waals surface area contributed by atoms with Crippen LogP contribution in [0.3, 0.4) is 0 Å². The number of benzene rings is 2. The monoisotopic (exact) mass is 349 g/mol. The van der Waals surface area contributed by atoms with Crippen molar-refractivity contribution >= 4 is 15.9 Å². The Labute approximate surface area is 132 Å². The summed E-state index contributed by atoms with van der Waals surface area (Å²) in [6.07, 6.45) is 1.35. The summed E-state index contributed by atoms with van der Waals surface area (Å²) >= 11 is 3.45. The number of halogens is 2. The minimum absolute atomic E-state index is 0.134. The Bertz CT molecular complexity index is 646. The lowest BCUT2D eigenvalue weighted by Gasteiger charge is -2.30. The lowest BCUT2D eigenvalue weighted by Crippen LogP contribution is -2.35. The van der Waals surface area contributed by atoms with Gasteiger partial charge in [0, 0.05) is 10.5 Å². The summed E-state index contributed by atoms with van der Waals surface area (Å²) in [6.45, 7) is 0.680. The number of fused-ring (bicyclic) bond motifs is 1. The number of ether oxygens (including phenoxy) is 1. The summed E-state index contributed by atoms with van der Waals surface area (Å²) in [4.78, 5) is 0. The molecule has 4 heteroatoms. The third-order valence-electron chi connectivity index (χ3n) is 3.88. The molecule has 2 unspecified atom stereocenters. The van der Waals surface area contributed by atoms with E-state index < -0.39 is 0 Å². The van der Waals surface area contributed by atoms with Gasteiger partial charge in [0.05, 0.1) is 12.7 Å². The SMILES string of the molecule is NC(Cc1cc(F)ccc1Br)C1OCCc2ccccc21. The number of hydrogen-bond acceptors (Lipinski definition) is 2. The van der Waals surface area contributed by atoms with Crippen LogP contribution < -0.4 is 5.73 Å². The average Bonchev–Trinajstić information content (AvgIpc) is 2.50. The predicted molar refractivity (Wildman–Crippen MR) is 84.6 cm³/mol. The second-order valence-corrected chi connectivity index (χ2v) is 6.20. The van der Waals surface area contributed by atoms with Crippen molar-refractivity contribution in [3.05, 3.63) is 69.4 Å². The van der Waals surface area contributed by atoms with Crippen LogP contribution in [-0.2, 0) is 17.6 Å².